The van der Waals surface area contributed by atoms with Gasteiger partial charge in [0.15, 0.2) is 5.54 Å². The molecule has 1 aliphatic rings. The number of benzene rings is 3. The molecule has 1 aromatic heterocycles. The van der Waals surface area contributed by atoms with Gasteiger partial charge in [-0.2, -0.15) is 4.57 Å². The number of aromatic nitrogens is 1. The van der Waals surface area contributed by atoms with E-state index in [-0.39, 0.29) is 5.54 Å². The van der Waals surface area contributed by atoms with Crippen LogP contribution in [-0.4, -0.2) is 0 Å². The average Bonchev–Trinajstić information content (AvgIpc) is 2.91. The molecule has 0 radical (unpaired) electrons. The largest absolute Gasteiger partial charge is 0.215 e. The SMILES string of the molecule is CCC1(C)c2ccc3ccccc3c2-c2cc(C)c3ccccc3[n+]21. The first kappa shape index (κ1) is 14.7. The van der Waals surface area contributed by atoms with E-state index in [0.29, 0.717) is 0 Å². The van der Waals surface area contributed by atoms with Crippen LogP contribution in [0.1, 0.15) is 31.4 Å². The summed E-state index contributed by atoms with van der Waals surface area (Å²) in [6.45, 7) is 6.92. The zero-order chi connectivity index (χ0) is 17.2. The van der Waals surface area contributed by atoms with Crippen LogP contribution in [0.5, 0.6) is 0 Å². The van der Waals surface area contributed by atoms with Crippen LogP contribution < -0.4 is 4.57 Å². The van der Waals surface area contributed by atoms with Crippen molar-refractivity contribution in [3.05, 3.63) is 77.9 Å². The molecule has 5 rings (SSSR count). The molecule has 0 saturated carbocycles. The molecule has 1 aliphatic heterocycles. The van der Waals surface area contributed by atoms with Gasteiger partial charge in [0.2, 0.25) is 11.2 Å². The Morgan fingerprint density at radius 2 is 1.60 bits per heavy atom. The lowest BCUT2D eigenvalue weighted by atomic mass is 9.86. The fourth-order valence-corrected chi connectivity index (χ4v) is 4.66. The Labute approximate surface area is 148 Å². The summed E-state index contributed by atoms with van der Waals surface area (Å²) < 4.78 is 2.58. The Hall–Kier alpha value is -2.67. The molecule has 3 aromatic carbocycles. The number of hydrogen-bond acceptors (Lipinski definition) is 0. The highest BCUT2D eigenvalue weighted by atomic mass is 15.1. The zero-order valence-electron chi connectivity index (χ0n) is 15.0. The Morgan fingerprint density at radius 1 is 0.880 bits per heavy atom. The van der Waals surface area contributed by atoms with Gasteiger partial charge < -0.3 is 0 Å². The number of aryl methyl sites for hydroxylation is 1. The van der Waals surface area contributed by atoms with Crippen LogP contribution in [0.2, 0.25) is 0 Å². The topological polar surface area (TPSA) is 3.88 Å². The molecular formula is C24H22N+. The van der Waals surface area contributed by atoms with Crippen molar-refractivity contribution < 1.29 is 4.57 Å². The summed E-state index contributed by atoms with van der Waals surface area (Å²) >= 11 is 0. The minimum atomic E-state index is -0.0119. The van der Waals surface area contributed by atoms with Gasteiger partial charge in [0, 0.05) is 36.4 Å². The number of hydrogen-bond donors (Lipinski definition) is 0. The second-order valence-corrected chi connectivity index (χ2v) is 7.40. The number of rotatable bonds is 1. The zero-order valence-corrected chi connectivity index (χ0v) is 15.0. The molecule has 0 spiro atoms. The van der Waals surface area contributed by atoms with E-state index in [0.717, 1.165) is 6.42 Å². The van der Waals surface area contributed by atoms with Gasteiger partial charge in [0.1, 0.15) is 0 Å². The van der Waals surface area contributed by atoms with E-state index >= 15 is 0 Å². The lowest BCUT2D eigenvalue weighted by molar-refractivity contribution is -0.712. The molecule has 0 N–H and O–H groups in total. The van der Waals surface area contributed by atoms with Crippen molar-refractivity contribution >= 4 is 21.7 Å². The van der Waals surface area contributed by atoms with Crippen LogP contribution in [0.15, 0.2) is 66.7 Å². The Morgan fingerprint density at radius 3 is 2.40 bits per heavy atom. The molecule has 0 amide bonds. The van der Waals surface area contributed by atoms with E-state index in [4.69, 9.17) is 0 Å². The summed E-state index contributed by atoms with van der Waals surface area (Å²) in [5, 5.41) is 4.03. The van der Waals surface area contributed by atoms with Crippen molar-refractivity contribution in [2.75, 3.05) is 0 Å². The van der Waals surface area contributed by atoms with Crippen LogP contribution in [0.4, 0.5) is 0 Å². The normalized spacial score (nSPS) is 18.5. The molecule has 1 heteroatoms. The summed E-state index contributed by atoms with van der Waals surface area (Å²) in [5.74, 6) is 0. The summed E-state index contributed by atoms with van der Waals surface area (Å²) in [5.41, 5.74) is 6.89. The standard InChI is InChI=1S/C24H22N/c1-4-24(3)20-14-13-17-9-5-6-11-19(17)23(20)22-15-16(2)18-10-7-8-12-21(18)25(22)24/h5-15H,4H2,1-3H3/q+1. The highest BCUT2D eigenvalue weighted by Crippen LogP contribution is 2.44. The molecule has 1 nitrogen and oxygen atoms in total. The molecule has 2 heterocycles. The Bertz CT molecular complexity index is 1160. The predicted octanol–water partition coefficient (Wildman–Crippen LogP) is 5.74. The first-order valence-corrected chi connectivity index (χ1v) is 9.12. The third kappa shape index (κ3) is 1.76. The van der Waals surface area contributed by atoms with Crippen molar-refractivity contribution in [1.82, 2.24) is 0 Å². The third-order valence-electron chi connectivity index (χ3n) is 6.11. The van der Waals surface area contributed by atoms with E-state index in [2.05, 4.69) is 92.1 Å². The summed E-state index contributed by atoms with van der Waals surface area (Å²) in [7, 11) is 0. The summed E-state index contributed by atoms with van der Waals surface area (Å²) in [6, 6.07) is 24.6. The molecule has 122 valence electrons. The van der Waals surface area contributed by atoms with Crippen LogP contribution in [0.3, 0.4) is 0 Å². The second kappa shape index (κ2) is 4.92. The predicted molar refractivity (Wildman–Crippen MR) is 105 cm³/mol. The van der Waals surface area contributed by atoms with Gasteiger partial charge in [-0.15, -0.1) is 0 Å². The van der Waals surface area contributed by atoms with Crippen molar-refractivity contribution in [3.8, 4) is 11.3 Å². The quantitative estimate of drug-likeness (QED) is 0.393. The van der Waals surface area contributed by atoms with Crippen molar-refractivity contribution in [2.24, 2.45) is 0 Å². The number of nitrogens with zero attached hydrogens (tertiary/aromatic N) is 1. The molecular weight excluding hydrogens is 302 g/mol. The number of para-hydroxylation sites is 1. The van der Waals surface area contributed by atoms with Crippen LogP contribution in [0.25, 0.3) is 32.9 Å². The monoisotopic (exact) mass is 324 g/mol. The maximum Gasteiger partial charge on any atom is 0.215 e. The van der Waals surface area contributed by atoms with Crippen LogP contribution >= 0.6 is 0 Å². The molecule has 1 unspecified atom stereocenters. The highest BCUT2D eigenvalue weighted by Gasteiger charge is 2.48. The van der Waals surface area contributed by atoms with Crippen LogP contribution in [-0.2, 0) is 5.54 Å². The fourth-order valence-electron chi connectivity index (χ4n) is 4.66. The van der Waals surface area contributed by atoms with E-state index in [1.807, 2.05) is 0 Å². The van der Waals surface area contributed by atoms with Crippen LogP contribution in [0, 0.1) is 6.92 Å². The first-order chi connectivity index (χ1) is 12.1. The van der Waals surface area contributed by atoms with E-state index in [9.17, 15) is 0 Å². The molecule has 0 bridgehead atoms. The third-order valence-corrected chi connectivity index (χ3v) is 6.11. The fraction of sp³-hybridized carbons (Fsp3) is 0.208. The van der Waals surface area contributed by atoms with Gasteiger partial charge >= 0.3 is 0 Å². The molecule has 0 saturated heterocycles. The Balaban J connectivity index is 2.04. The smallest absolute Gasteiger partial charge is 0.182 e. The average molecular weight is 324 g/mol. The number of fused-ring (bicyclic) bond motifs is 7. The first-order valence-electron chi connectivity index (χ1n) is 9.12. The summed E-state index contributed by atoms with van der Waals surface area (Å²) in [6.07, 6.45) is 1.07. The molecule has 0 fully saturated rings. The summed E-state index contributed by atoms with van der Waals surface area (Å²) in [4.78, 5) is 0. The number of pyridine rings is 1. The van der Waals surface area contributed by atoms with Gasteiger partial charge in [-0.25, -0.2) is 0 Å². The Kier molecular flexibility index (Phi) is 2.88. The minimum absolute atomic E-state index is 0.0119. The second-order valence-electron chi connectivity index (χ2n) is 7.40. The van der Waals surface area contributed by atoms with Gasteiger partial charge in [-0.1, -0.05) is 55.5 Å². The van der Waals surface area contributed by atoms with E-state index < -0.39 is 0 Å². The molecule has 4 aromatic rings. The lowest BCUT2D eigenvalue weighted by Crippen LogP contribution is -2.52. The molecule has 25 heavy (non-hydrogen) atoms. The van der Waals surface area contributed by atoms with Crippen molar-refractivity contribution in [3.63, 3.8) is 0 Å². The van der Waals surface area contributed by atoms with E-state index in [1.165, 1.54) is 44.1 Å². The van der Waals surface area contributed by atoms with Crippen molar-refractivity contribution in [2.45, 2.75) is 32.7 Å². The molecule has 0 aliphatic carbocycles. The highest BCUT2D eigenvalue weighted by molar-refractivity contribution is 5.99. The lowest BCUT2D eigenvalue weighted by Gasteiger charge is -2.20. The van der Waals surface area contributed by atoms with Gasteiger partial charge in [0.05, 0.1) is 5.56 Å². The van der Waals surface area contributed by atoms with Gasteiger partial charge in [0.25, 0.3) is 0 Å². The minimum Gasteiger partial charge on any atom is -0.182 e. The van der Waals surface area contributed by atoms with E-state index in [1.54, 1.807) is 0 Å². The van der Waals surface area contributed by atoms with Gasteiger partial charge in [-0.3, -0.25) is 0 Å². The van der Waals surface area contributed by atoms with Crippen molar-refractivity contribution in [1.29, 1.82) is 0 Å². The maximum atomic E-state index is 2.58. The maximum absolute atomic E-state index is 2.58. The molecule has 1 atom stereocenters. The van der Waals surface area contributed by atoms with Gasteiger partial charge in [-0.05, 0) is 29.3 Å².